The Morgan fingerprint density at radius 3 is 2.44 bits per heavy atom. The maximum Gasteiger partial charge on any atom is 0.170 e. The minimum atomic E-state index is -0.311. The number of hydrogen-bond acceptors (Lipinski definition) is 4. The zero-order valence-corrected chi connectivity index (χ0v) is 10.5. The van der Waals surface area contributed by atoms with Crippen LogP contribution in [0.1, 0.15) is 28.8 Å². The van der Waals surface area contributed by atoms with Gasteiger partial charge in [0.15, 0.2) is 17.3 Å². The predicted octanol–water partition coefficient (Wildman–Crippen LogP) is 1.69. The number of ether oxygens (including phenoxy) is 2. The maximum absolute atomic E-state index is 12.5. The summed E-state index contributed by atoms with van der Waals surface area (Å²) in [5.41, 5.74) is 7.07. The molecule has 0 spiro atoms. The average molecular weight is 247 g/mol. The van der Waals surface area contributed by atoms with Crippen molar-refractivity contribution in [2.45, 2.75) is 19.8 Å². The lowest BCUT2D eigenvalue weighted by molar-refractivity contribution is 0.0904. The summed E-state index contributed by atoms with van der Waals surface area (Å²) in [6, 6.07) is 3.69. The predicted molar refractivity (Wildman–Crippen MR) is 67.2 cm³/mol. The molecule has 2 aliphatic rings. The second-order valence-electron chi connectivity index (χ2n) is 5.12. The van der Waals surface area contributed by atoms with Gasteiger partial charge in [0, 0.05) is 17.5 Å². The van der Waals surface area contributed by atoms with Crippen LogP contribution < -0.4 is 15.2 Å². The zero-order chi connectivity index (χ0) is 12.8. The molecular formula is C14H17NO3. The Hall–Kier alpha value is -1.55. The highest BCUT2D eigenvalue weighted by Crippen LogP contribution is 2.48. The van der Waals surface area contributed by atoms with Gasteiger partial charge in [0.25, 0.3) is 0 Å². The van der Waals surface area contributed by atoms with Crippen molar-refractivity contribution in [3.05, 3.63) is 23.3 Å². The van der Waals surface area contributed by atoms with Gasteiger partial charge in [0.1, 0.15) is 13.2 Å². The Morgan fingerprint density at radius 2 is 1.89 bits per heavy atom. The molecule has 1 aromatic carbocycles. The van der Waals surface area contributed by atoms with Crippen LogP contribution in [-0.2, 0) is 0 Å². The lowest BCUT2D eigenvalue weighted by Crippen LogP contribution is -2.26. The van der Waals surface area contributed by atoms with Gasteiger partial charge in [-0.3, -0.25) is 4.79 Å². The molecule has 0 bridgehead atoms. The Balaban J connectivity index is 1.99. The molecule has 0 saturated heterocycles. The van der Waals surface area contributed by atoms with Crippen molar-refractivity contribution in [1.82, 2.24) is 0 Å². The largest absolute Gasteiger partial charge is 0.486 e. The number of nitrogens with two attached hydrogens (primary N) is 1. The van der Waals surface area contributed by atoms with Crippen molar-refractivity contribution < 1.29 is 14.3 Å². The topological polar surface area (TPSA) is 61.6 Å². The third kappa shape index (κ3) is 1.68. The van der Waals surface area contributed by atoms with Crippen LogP contribution >= 0.6 is 0 Å². The van der Waals surface area contributed by atoms with Gasteiger partial charge in [-0.05, 0) is 37.5 Å². The second kappa shape index (κ2) is 3.99. The van der Waals surface area contributed by atoms with Gasteiger partial charge in [-0.25, -0.2) is 0 Å². The normalized spacial score (nSPS) is 19.4. The Labute approximate surface area is 106 Å². The number of aryl methyl sites for hydroxylation is 1. The van der Waals surface area contributed by atoms with Crippen LogP contribution in [0.25, 0.3) is 0 Å². The fourth-order valence-electron chi connectivity index (χ4n) is 2.40. The van der Waals surface area contributed by atoms with E-state index in [9.17, 15) is 4.79 Å². The fraction of sp³-hybridized carbons (Fsp3) is 0.500. The minimum absolute atomic E-state index is 0.152. The Bertz CT molecular complexity index is 506. The Morgan fingerprint density at radius 1 is 1.28 bits per heavy atom. The van der Waals surface area contributed by atoms with Crippen LogP contribution in [0.4, 0.5) is 0 Å². The molecule has 0 atom stereocenters. The summed E-state index contributed by atoms with van der Waals surface area (Å²) in [5.74, 6) is 1.55. The number of carbonyl (C=O) groups excluding carboxylic acids is 1. The number of Topliss-reactive ketones (excluding diaryl/α,β-unsaturated/α-hetero) is 1. The number of ketones is 1. The molecule has 1 aromatic rings. The van der Waals surface area contributed by atoms with E-state index in [1.807, 2.05) is 19.1 Å². The smallest absolute Gasteiger partial charge is 0.170 e. The summed E-state index contributed by atoms with van der Waals surface area (Å²) < 4.78 is 11.0. The standard InChI is InChI=1S/C14H17NO3/c1-9-6-11-12(18-5-4-17-11)7-10(9)13(16)14(8-15)2-3-14/h6-7H,2-5,8,15H2,1H3. The summed E-state index contributed by atoms with van der Waals surface area (Å²) in [5, 5.41) is 0. The van der Waals surface area contributed by atoms with Crippen LogP contribution in [0.3, 0.4) is 0 Å². The SMILES string of the molecule is Cc1cc2c(cc1C(=O)C1(CN)CC1)OCCO2. The highest BCUT2D eigenvalue weighted by Gasteiger charge is 2.49. The molecule has 0 aromatic heterocycles. The maximum atomic E-state index is 12.5. The molecule has 3 rings (SSSR count). The number of hydrogen-bond donors (Lipinski definition) is 1. The molecule has 1 saturated carbocycles. The van der Waals surface area contributed by atoms with Crippen molar-refractivity contribution in [2.24, 2.45) is 11.1 Å². The minimum Gasteiger partial charge on any atom is -0.486 e. The van der Waals surface area contributed by atoms with Gasteiger partial charge < -0.3 is 15.2 Å². The van der Waals surface area contributed by atoms with Gasteiger partial charge in [0.05, 0.1) is 0 Å². The first kappa shape index (κ1) is 11.5. The van der Waals surface area contributed by atoms with E-state index >= 15 is 0 Å². The molecule has 1 aliphatic carbocycles. The molecule has 2 N–H and O–H groups in total. The fourth-order valence-corrected chi connectivity index (χ4v) is 2.40. The van der Waals surface area contributed by atoms with Gasteiger partial charge >= 0.3 is 0 Å². The van der Waals surface area contributed by atoms with Crippen molar-refractivity contribution >= 4 is 5.78 Å². The summed E-state index contributed by atoms with van der Waals surface area (Å²) in [7, 11) is 0. The molecule has 0 amide bonds. The first-order valence-corrected chi connectivity index (χ1v) is 6.31. The number of carbonyl (C=O) groups is 1. The van der Waals surface area contributed by atoms with Crippen LogP contribution in [-0.4, -0.2) is 25.5 Å². The van der Waals surface area contributed by atoms with E-state index in [0.717, 1.165) is 29.7 Å². The van der Waals surface area contributed by atoms with E-state index in [1.165, 1.54) is 0 Å². The van der Waals surface area contributed by atoms with Crippen molar-refractivity contribution in [2.75, 3.05) is 19.8 Å². The summed E-state index contributed by atoms with van der Waals surface area (Å²) in [4.78, 5) is 12.5. The van der Waals surface area contributed by atoms with Gasteiger partial charge in [0.2, 0.25) is 0 Å². The van der Waals surface area contributed by atoms with Gasteiger partial charge in [-0.1, -0.05) is 0 Å². The number of fused-ring (bicyclic) bond motifs is 1. The third-order valence-corrected chi connectivity index (χ3v) is 3.86. The monoisotopic (exact) mass is 247 g/mol. The molecule has 1 heterocycles. The van der Waals surface area contributed by atoms with Crippen LogP contribution in [0.15, 0.2) is 12.1 Å². The molecule has 96 valence electrons. The zero-order valence-electron chi connectivity index (χ0n) is 10.5. The first-order valence-electron chi connectivity index (χ1n) is 6.31. The molecule has 1 fully saturated rings. The molecular weight excluding hydrogens is 230 g/mol. The highest BCUT2D eigenvalue weighted by molar-refractivity contribution is 6.04. The second-order valence-corrected chi connectivity index (χ2v) is 5.12. The Kier molecular flexibility index (Phi) is 2.55. The molecule has 18 heavy (non-hydrogen) atoms. The van der Waals surface area contributed by atoms with Gasteiger partial charge in [-0.15, -0.1) is 0 Å². The quantitative estimate of drug-likeness (QED) is 0.826. The average Bonchev–Trinajstić information content (AvgIpc) is 3.18. The molecule has 0 radical (unpaired) electrons. The molecule has 1 aliphatic heterocycles. The van der Waals surface area contributed by atoms with E-state index in [-0.39, 0.29) is 11.2 Å². The van der Waals surface area contributed by atoms with E-state index in [2.05, 4.69) is 0 Å². The van der Waals surface area contributed by atoms with Crippen molar-refractivity contribution in [3.63, 3.8) is 0 Å². The van der Waals surface area contributed by atoms with Gasteiger partial charge in [-0.2, -0.15) is 0 Å². The summed E-state index contributed by atoms with van der Waals surface area (Å²) in [6.07, 6.45) is 1.80. The molecule has 0 unspecified atom stereocenters. The van der Waals surface area contributed by atoms with E-state index < -0.39 is 0 Å². The van der Waals surface area contributed by atoms with E-state index in [0.29, 0.717) is 25.5 Å². The van der Waals surface area contributed by atoms with Crippen LogP contribution in [0, 0.1) is 12.3 Å². The molecule has 4 nitrogen and oxygen atoms in total. The molecule has 4 heteroatoms. The lowest BCUT2D eigenvalue weighted by atomic mass is 9.91. The highest BCUT2D eigenvalue weighted by atomic mass is 16.6. The van der Waals surface area contributed by atoms with E-state index in [4.69, 9.17) is 15.2 Å². The lowest BCUT2D eigenvalue weighted by Gasteiger charge is -2.21. The van der Waals surface area contributed by atoms with Crippen LogP contribution in [0.5, 0.6) is 11.5 Å². The third-order valence-electron chi connectivity index (χ3n) is 3.86. The summed E-state index contributed by atoms with van der Waals surface area (Å²) >= 11 is 0. The summed E-state index contributed by atoms with van der Waals surface area (Å²) in [6.45, 7) is 3.45. The van der Waals surface area contributed by atoms with Crippen molar-refractivity contribution in [3.8, 4) is 11.5 Å². The first-order chi connectivity index (χ1) is 8.66. The number of benzene rings is 1. The van der Waals surface area contributed by atoms with E-state index in [1.54, 1.807) is 0 Å². The number of rotatable bonds is 3. The van der Waals surface area contributed by atoms with Crippen molar-refractivity contribution in [1.29, 1.82) is 0 Å². The van der Waals surface area contributed by atoms with Crippen LogP contribution in [0.2, 0.25) is 0 Å².